The highest BCUT2D eigenvalue weighted by atomic mass is 32.2. The van der Waals surface area contributed by atoms with Gasteiger partial charge in [0.2, 0.25) is 0 Å². The van der Waals surface area contributed by atoms with E-state index in [-0.39, 0.29) is 6.04 Å². The van der Waals surface area contributed by atoms with Crippen LogP contribution in [-0.2, 0) is 0 Å². The number of aromatic nitrogens is 1. The predicted molar refractivity (Wildman–Crippen MR) is 65.0 cm³/mol. The van der Waals surface area contributed by atoms with Crippen LogP contribution in [0.25, 0.3) is 0 Å². The SMILES string of the molecule is C[C@@H](N)c1ccnc(SC2CCCC2)c1. The van der Waals surface area contributed by atoms with Gasteiger partial charge in [-0.3, -0.25) is 0 Å². The third-order valence-electron chi connectivity index (χ3n) is 2.87. The fourth-order valence-corrected chi connectivity index (χ4v) is 3.19. The summed E-state index contributed by atoms with van der Waals surface area (Å²) < 4.78 is 0. The van der Waals surface area contributed by atoms with Gasteiger partial charge in [0.05, 0.1) is 5.03 Å². The Kier molecular flexibility index (Phi) is 3.65. The molecule has 15 heavy (non-hydrogen) atoms. The van der Waals surface area contributed by atoms with E-state index in [0.717, 1.165) is 10.3 Å². The number of nitrogens with two attached hydrogens (primary N) is 1. The quantitative estimate of drug-likeness (QED) is 0.854. The summed E-state index contributed by atoms with van der Waals surface area (Å²) in [5.41, 5.74) is 7.04. The average molecular weight is 222 g/mol. The van der Waals surface area contributed by atoms with Crippen molar-refractivity contribution in [3.8, 4) is 0 Å². The molecular weight excluding hydrogens is 204 g/mol. The third kappa shape index (κ3) is 2.95. The molecule has 1 heterocycles. The Morgan fingerprint density at radius 2 is 2.20 bits per heavy atom. The Hall–Kier alpha value is -0.540. The van der Waals surface area contributed by atoms with Crippen LogP contribution in [0.2, 0.25) is 0 Å². The summed E-state index contributed by atoms with van der Waals surface area (Å²) in [5.74, 6) is 0. The van der Waals surface area contributed by atoms with E-state index in [0.29, 0.717) is 0 Å². The molecule has 1 aliphatic rings. The van der Waals surface area contributed by atoms with Crippen LogP contribution in [0, 0.1) is 0 Å². The van der Waals surface area contributed by atoms with Crippen LogP contribution in [0.15, 0.2) is 23.4 Å². The molecule has 1 fully saturated rings. The first-order chi connectivity index (χ1) is 7.25. The first-order valence-electron chi connectivity index (χ1n) is 5.64. The summed E-state index contributed by atoms with van der Waals surface area (Å²) in [5, 5.41) is 1.91. The molecule has 2 rings (SSSR count). The van der Waals surface area contributed by atoms with Crippen LogP contribution >= 0.6 is 11.8 Å². The standard InChI is InChI=1S/C12H18N2S/c1-9(13)10-6-7-14-12(8-10)15-11-4-2-3-5-11/h6-9,11H,2-5,13H2,1H3/t9-/m1/s1. The average Bonchev–Trinajstić information content (AvgIpc) is 2.71. The van der Waals surface area contributed by atoms with E-state index in [1.54, 1.807) is 0 Å². The molecule has 0 saturated heterocycles. The Labute approximate surface area is 95.7 Å². The highest BCUT2D eigenvalue weighted by Gasteiger charge is 2.16. The van der Waals surface area contributed by atoms with E-state index in [4.69, 9.17) is 5.73 Å². The van der Waals surface area contributed by atoms with Gasteiger partial charge in [-0.2, -0.15) is 0 Å². The molecule has 2 N–H and O–H groups in total. The van der Waals surface area contributed by atoms with Gasteiger partial charge in [0, 0.05) is 17.5 Å². The van der Waals surface area contributed by atoms with Gasteiger partial charge in [0.15, 0.2) is 0 Å². The van der Waals surface area contributed by atoms with Crippen molar-refractivity contribution in [2.75, 3.05) is 0 Å². The molecule has 2 nitrogen and oxygen atoms in total. The van der Waals surface area contributed by atoms with E-state index in [1.165, 1.54) is 31.2 Å². The van der Waals surface area contributed by atoms with Gasteiger partial charge < -0.3 is 5.73 Å². The van der Waals surface area contributed by atoms with Gasteiger partial charge in [-0.1, -0.05) is 12.8 Å². The van der Waals surface area contributed by atoms with Gasteiger partial charge in [-0.15, -0.1) is 11.8 Å². The molecule has 0 spiro atoms. The second-order valence-corrected chi connectivity index (χ2v) is 5.56. The van der Waals surface area contributed by atoms with Gasteiger partial charge in [0.25, 0.3) is 0 Å². The smallest absolute Gasteiger partial charge is 0.0965 e. The third-order valence-corrected chi connectivity index (χ3v) is 4.14. The van der Waals surface area contributed by atoms with E-state index < -0.39 is 0 Å². The Balaban J connectivity index is 2.04. The van der Waals surface area contributed by atoms with Crippen LogP contribution in [0.5, 0.6) is 0 Å². The maximum Gasteiger partial charge on any atom is 0.0965 e. The lowest BCUT2D eigenvalue weighted by Gasteiger charge is -2.10. The largest absolute Gasteiger partial charge is 0.324 e. The first-order valence-corrected chi connectivity index (χ1v) is 6.52. The molecule has 1 aliphatic carbocycles. The fourth-order valence-electron chi connectivity index (χ4n) is 1.95. The van der Waals surface area contributed by atoms with Crippen molar-refractivity contribution in [1.29, 1.82) is 0 Å². The number of hydrogen-bond donors (Lipinski definition) is 1. The number of nitrogens with zero attached hydrogens (tertiary/aromatic N) is 1. The summed E-state index contributed by atoms with van der Waals surface area (Å²) in [7, 11) is 0. The fraction of sp³-hybridized carbons (Fsp3) is 0.583. The Bertz CT molecular complexity index is 319. The number of thioether (sulfide) groups is 1. The van der Waals surface area contributed by atoms with Gasteiger partial charge in [-0.05, 0) is 37.5 Å². The Morgan fingerprint density at radius 3 is 2.87 bits per heavy atom. The van der Waals surface area contributed by atoms with Crippen molar-refractivity contribution in [1.82, 2.24) is 4.98 Å². The van der Waals surface area contributed by atoms with E-state index in [1.807, 2.05) is 30.9 Å². The van der Waals surface area contributed by atoms with Crippen LogP contribution in [0.4, 0.5) is 0 Å². The van der Waals surface area contributed by atoms with Crippen LogP contribution < -0.4 is 5.73 Å². The summed E-state index contributed by atoms with van der Waals surface area (Å²) in [6, 6.07) is 4.24. The Morgan fingerprint density at radius 1 is 1.47 bits per heavy atom. The monoisotopic (exact) mass is 222 g/mol. The molecule has 1 atom stereocenters. The normalized spacial score (nSPS) is 19.3. The van der Waals surface area contributed by atoms with Gasteiger partial charge in [0.1, 0.15) is 0 Å². The van der Waals surface area contributed by atoms with Crippen molar-refractivity contribution in [3.05, 3.63) is 23.9 Å². The van der Waals surface area contributed by atoms with E-state index in [9.17, 15) is 0 Å². The summed E-state index contributed by atoms with van der Waals surface area (Å²) in [6.07, 6.45) is 7.31. The zero-order chi connectivity index (χ0) is 10.7. The summed E-state index contributed by atoms with van der Waals surface area (Å²) in [6.45, 7) is 2.01. The van der Waals surface area contributed by atoms with Crippen LogP contribution in [-0.4, -0.2) is 10.2 Å². The molecule has 0 unspecified atom stereocenters. The molecule has 82 valence electrons. The van der Waals surface area contributed by atoms with E-state index in [2.05, 4.69) is 11.1 Å². The molecule has 1 aromatic heterocycles. The minimum absolute atomic E-state index is 0.107. The van der Waals surface area contributed by atoms with Crippen molar-refractivity contribution >= 4 is 11.8 Å². The zero-order valence-electron chi connectivity index (χ0n) is 9.15. The van der Waals surface area contributed by atoms with Crippen molar-refractivity contribution < 1.29 is 0 Å². The van der Waals surface area contributed by atoms with Crippen molar-refractivity contribution in [3.63, 3.8) is 0 Å². The summed E-state index contributed by atoms with van der Waals surface area (Å²) >= 11 is 1.92. The second kappa shape index (κ2) is 4.99. The topological polar surface area (TPSA) is 38.9 Å². The maximum absolute atomic E-state index is 5.85. The predicted octanol–water partition coefficient (Wildman–Crippen LogP) is 3.14. The van der Waals surface area contributed by atoms with Gasteiger partial charge >= 0.3 is 0 Å². The van der Waals surface area contributed by atoms with Crippen molar-refractivity contribution in [2.45, 2.75) is 48.9 Å². The van der Waals surface area contributed by atoms with Crippen molar-refractivity contribution in [2.24, 2.45) is 5.73 Å². The lowest BCUT2D eigenvalue weighted by Crippen LogP contribution is -2.05. The zero-order valence-corrected chi connectivity index (χ0v) is 9.96. The molecule has 1 aromatic rings. The molecular formula is C12H18N2S. The number of hydrogen-bond acceptors (Lipinski definition) is 3. The molecule has 0 bridgehead atoms. The minimum Gasteiger partial charge on any atom is -0.324 e. The molecule has 1 saturated carbocycles. The molecule has 0 aliphatic heterocycles. The molecule has 0 amide bonds. The van der Waals surface area contributed by atoms with E-state index >= 15 is 0 Å². The molecule has 3 heteroatoms. The van der Waals surface area contributed by atoms with Crippen LogP contribution in [0.1, 0.15) is 44.2 Å². The lowest BCUT2D eigenvalue weighted by molar-refractivity contribution is 0.807. The molecule has 0 aromatic carbocycles. The van der Waals surface area contributed by atoms with Crippen LogP contribution in [0.3, 0.4) is 0 Å². The number of pyridine rings is 1. The van der Waals surface area contributed by atoms with Gasteiger partial charge in [-0.25, -0.2) is 4.98 Å². The highest BCUT2D eigenvalue weighted by Crippen LogP contribution is 2.34. The maximum atomic E-state index is 5.85. The molecule has 0 radical (unpaired) electrons. The highest BCUT2D eigenvalue weighted by molar-refractivity contribution is 7.99. The minimum atomic E-state index is 0.107. The lowest BCUT2D eigenvalue weighted by atomic mass is 10.1. The first kappa shape index (κ1) is 11.0. The summed E-state index contributed by atoms with van der Waals surface area (Å²) in [4.78, 5) is 4.39. The number of rotatable bonds is 3. The second-order valence-electron chi connectivity index (χ2n) is 4.24.